The lowest BCUT2D eigenvalue weighted by molar-refractivity contribution is -0.158. The van der Waals surface area contributed by atoms with Gasteiger partial charge in [-0.2, -0.15) is 0 Å². The molecule has 1 amide bonds. The Kier molecular flexibility index (Phi) is 12.5. The van der Waals surface area contributed by atoms with Gasteiger partial charge in [-0.1, -0.05) is 45.7 Å². The second-order valence-corrected chi connectivity index (χ2v) is 14.1. The fraction of sp³-hybridized carbons (Fsp3) is 0.654. The number of ether oxygens (including phenoxy) is 2. The Morgan fingerprint density at radius 1 is 0.919 bits per heavy atom. The van der Waals surface area contributed by atoms with E-state index in [1.54, 1.807) is 46.4 Å². The van der Waals surface area contributed by atoms with Crippen molar-refractivity contribution in [1.29, 1.82) is 0 Å². The van der Waals surface area contributed by atoms with Gasteiger partial charge in [-0.05, 0) is 60.1 Å². The van der Waals surface area contributed by atoms with Crippen molar-refractivity contribution < 1.29 is 32.6 Å². The van der Waals surface area contributed by atoms with E-state index in [4.69, 9.17) is 9.47 Å². The highest BCUT2D eigenvalue weighted by molar-refractivity contribution is 9.09. The predicted molar refractivity (Wildman–Crippen MR) is 148 cm³/mol. The number of benzene rings is 1. The number of nitrogens with one attached hydrogen (secondary N) is 1. The van der Waals surface area contributed by atoms with E-state index in [0.29, 0.717) is 13.1 Å². The zero-order valence-corrected chi connectivity index (χ0v) is 25.9. The highest BCUT2D eigenvalue weighted by atomic mass is 79.9. The van der Waals surface area contributed by atoms with E-state index >= 15 is 8.78 Å². The molecule has 3 unspecified atom stereocenters. The topological polar surface area (TPSA) is 84.9 Å². The van der Waals surface area contributed by atoms with Gasteiger partial charge in [0.1, 0.15) is 34.6 Å². The van der Waals surface area contributed by atoms with Gasteiger partial charge in [0.2, 0.25) is 0 Å². The van der Waals surface area contributed by atoms with E-state index < -0.39 is 46.7 Å². The van der Waals surface area contributed by atoms with Crippen LogP contribution < -0.4 is 10.2 Å². The molecule has 0 bridgehead atoms. The molecule has 1 aromatic rings. The molecule has 1 rings (SSSR count). The van der Waals surface area contributed by atoms with Crippen LogP contribution in [0, 0.1) is 11.6 Å². The average Bonchev–Trinajstić information content (AvgIpc) is 2.66. The summed E-state index contributed by atoms with van der Waals surface area (Å²) in [5.74, 6) is -4.02. The summed E-state index contributed by atoms with van der Waals surface area (Å²) in [6, 6.07) is 0.627. The van der Waals surface area contributed by atoms with Crippen molar-refractivity contribution in [3.8, 4) is 0 Å². The van der Waals surface area contributed by atoms with Crippen molar-refractivity contribution in [2.45, 2.75) is 95.1 Å². The van der Waals surface area contributed by atoms with E-state index in [1.165, 1.54) is 0 Å². The van der Waals surface area contributed by atoms with Crippen molar-refractivity contribution in [1.82, 2.24) is 5.32 Å². The number of anilines is 1. The van der Waals surface area contributed by atoms with Gasteiger partial charge < -0.3 is 19.7 Å². The van der Waals surface area contributed by atoms with E-state index in [2.05, 4.69) is 37.2 Å². The van der Waals surface area contributed by atoms with Crippen LogP contribution in [0.4, 0.5) is 14.5 Å². The van der Waals surface area contributed by atoms with E-state index in [-0.39, 0.29) is 33.7 Å². The summed E-state index contributed by atoms with van der Waals surface area (Å²) in [6.45, 7) is 14.5. The minimum Gasteiger partial charge on any atom is -0.460 e. The van der Waals surface area contributed by atoms with Crippen LogP contribution in [0.1, 0.15) is 78.6 Å². The molecule has 0 spiro atoms. The van der Waals surface area contributed by atoms with Gasteiger partial charge in [-0.3, -0.25) is 9.59 Å². The first-order chi connectivity index (χ1) is 16.8. The first-order valence-electron chi connectivity index (χ1n) is 12.1. The standard InChI is InChI=1S/C26H38Br2F2N2O5/c1-15(27)13-32(14-16(2)28)22-18(29)11-17(12-19(22)30)23(34)31-20(24(35)37-26(6,7)8)9-10-21(33)36-25(3,4)5/h11-12,15-16,20H,9-10,13-14H2,1-8H3,(H,31,34). The number of nitrogens with zero attached hydrogens (tertiary/aromatic N) is 1. The van der Waals surface area contributed by atoms with Crippen LogP contribution in [0.5, 0.6) is 0 Å². The molecule has 0 saturated heterocycles. The van der Waals surface area contributed by atoms with Gasteiger partial charge in [-0.15, -0.1) is 0 Å². The first-order valence-corrected chi connectivity index (χ1v) is 13.9. The normalized spacial score (nSPS) is 14.4. The van der Waals surface area contributed by atoms with Crippen LogP contribution >= 0.6 is 31.9 Å². The number of halogens is 4. The molecule has 3 atom stereocenters. The fourth-order valence-electron chi connectivity index (χ4n) is 3.38. The van der Waals surface area contributed by atoms with E-state index in [9.17, 15) is 14.4 Å². The first kappa shape index (κ1) is 33.3. The lowest BCUT2D eigenvalue weighted by atomic mass is 10.1. The summed E-state index contributed by atoms with van der Waals surface area (Å²) in [4.78, 5) is 39.3. The molecule has 0 saturated carbocycles. The summed E-state index contributed by atoms with van der Waals surface area (Å²) in [7, 11) is 0. The maximum atomic E-state index is 15.1. The largest absolute Gasteiger partial charge is 0.460 e. The Bertz CT molecular complexity index is 926. The zero-order chi connectivity index (χ0) is 28.7. The molecular formula is C26H38Br2F2N2O5. The molecule has 0 fully saturated rings. The van der Waals surface area contributed by atoms with Crippen molar-refractivity contribution in [3.05, 3.63) is 29.3 Å². The highest BCUT2D eigenvalue weighted by Gasteiger charge is 2.30. The molecule has 37 heavy (non-hydrogen) atoms. The molecule has 210 valence electrons. The number of carbonyl (C=O) groups is 3. The lowest BCUT2D eigenvalue weighted by Gasteiger charge is -2.28. The number of esters is 2. The van der Waals surface area contributed by atoms with E-state index in [1.807, 2.05) is 13.8 Å². The van der Waals surface area contributed by atoms with Gasteiger partial charge in [0.25, 0.3) is 5.91 Å². The number of rotatable bonds is 11. The molecule has 0 radical (unpaired) electrons. The maximum Gasteiger partial charge on any atom is 0.329 e. The quantitative estimate of drug-likeness (QED) is 0.236. The summed E-state index contributed by atoms with van der Waals surface area (Å²) in [5.41, 5.74) is -2.12. The molecule has 1 aromatic carbocycles. The molecule has 0 aliphatic heterocycles. The molecule has 7 nitrogen and oxygen atoms in total. The third-order valence-corrected chi connectivity index (χ3v) is 5.17. The molecule has 0 heterocycles. The second kappa shape index (κ2) is 13.9. The number of amides is 1. The zero-order valence-electron chi connectivity index (χ0n) is 22.7. The number of alkyl halides is 2. The Morgan fingerprint density at radius 2 is 1.38 bits per heavy atom. The van der Waals surface area contributed by atoms with Gasteiger partial charge in [0, 0.05) is 34.7 Å². The van der Waals surface area contributed by atoms with Crippen LogP contribution in [-0.2, 0) is 19.1 Å². The van der Waals surface area contributed by atoms with Crippen LogP contribution in [-0.4, -0.2) is 57.8 Å². The van der Waals surface area contributed by atoms with Crippen LogP contribution in [0.2, 0.25) is 0 Å². The Balaban J connectivity index is 3.19. The van der Waals surface area contributed by atoms with Crippen molar-refractivity contribution >= 4 is 55.4 Å². The monoisotopic (exact) mass is 654 g/mol. The predicted octanol–water partition coefficient (Wildman–Crippen LogP) is 5.90. The number of carbonyl (C=O) groups excluding carboxylic acids is 3. The Morgan fingerprint density at radius 3 is 1.78 bits per heavy atom. The molecule has 1 N–H and O–H groups in total. The SMILES string of the molecule is CC(Br)CN(CC(C)Br)c1c(F)cc(C(=O)NC(CCC(=O)OC(C)(C)C)C(=O)OC(C)(C)C)cc1F. The third-order valence-electron chi connectivity index (χ3n) is 4.59. The lowest BCUT2D eigenvalue weighted by Crippen LogP contribution is -2.44. The minimum absolute atomic E-state index is 0.0416. The van der Waals surface area contributed by atoms with Crippen LogP contribution in [0.3, 0.4) is 0 Å². The van der Waals surface area contributed by atoms with Crippen molar-refractivity contribution in [2.24, 2.45) is 0 Å². The van der Waals surface area contributed by atoms with Gasteiger partial charge in [0.15, 0.2) is 0 Å². The second-order valence-electron chi connectivity index (χ2n) is 10.9. The smallest absolute Gasteiger partial charge is 0.329 e. The Hall–Kier alpha value is -1.75. The minimum atomic E-state index is -1.23. The number of hydrogen-bond donors (Lipinski definition) is 1. The van der Waals surface area contributed by atoms with Crippen LogP contribution in [0.15, 0.2) is 12.1 Å². The summed E-state index contributed by atoms with van der Waals surface area (Å²) < 4.78 is 40.9. The molecule has 0 aliphatic carbocycles. The van der Waals surface area contributed by atoms with Gasteiger partial charge >= 0.3 is 11.9 Å². The maximum absolute atomic E-state index is 15.1. The van der Waals surface area contributed by atoms with Crippen LogP contribution in [0.25, 0.3) is 0 Å². The van der Waals surface area contributed by atoms with E-state index in [0.717, 1.165) is 12.1 Å². The number of hydrogen-bond acceptors (Lipinski definition) is 6. The molecule has 11 heteroatoms. The Labute approximate surface area is 235 Å². The average molecular weight is 656 g/mol. The van der Waals surface area contributed by atoms with Gasteiger partial charge in [0.05, 0.1) is 0 Å². The fourth-order valence-corrected chi connectivity index (χ4v) is 4.08. The summed E-state index contributed by atoms with van der Waals surface area (Å²) in [5, 5.41) is 2.46. The summed E-state index contributed by atoms with van der Waals surface area (Å²) >= 11 is 6.82. The van der Waals surface area contributed by atoms with Crippen molar-refractivity contribution in [3.63, 3.8) is 0 Å². The summed E-state index contributed by atoms with van der Waals surface area (Å²) in [6.07, 6.45) is -0.286. The highest BCUT2D eigenvalue weighted by Crippen LogP contribution is 2.27. The third kappa shape index (κ3) is 12.6. The van der Waals surface area contributed by atoms with Gasteiger partial charge in [-0.25, -0.2) is 13.6 Å². The molecule has 0 aliphatic rings. The molecular weight excluding hydrogens is 618 g/mol. The van der Waals surface area contributed by atoms with Crippen molar-refractivity contribution in [2.75, 3.05) is 18.0 Å². The molecule has 0 aromatic heterocycles.